The summed E-state index contributed by atoms with van der Waals surface area (Å²) in [5.41, 5.74) is 4.84. The highest BCUT2D eigenvalue weighted by atomic mass is 16.1. The third-order valence-corrected chi connectivity index (χ3v) is 4.03. The molecule has 2 N–H and O–H groups in total. The normalized spacial score (nSPS) is 10.7. The number of benzene rings is 2. The summed E-state index contributed by atoms with van der Waals surface area (Å²) in [5.74, 6) is -0.0448. The fourth-order valence-corrected chi connectivity index (χ4v) is 2.75. The number of amides is 1. The van der Waals surface area contributed by atoms with E-state index in [2.05, 4.69) is 27.3 Å². The number of para-hydroxylation sites is 1. The van der Waals surface area contributed by atoms with Crippen LogP contribution >= 0.6 is 0 Å². The molecule has 0 bridgehead atoms. The zero-order valence-corrected chi connectivity index (χ0v) is 13.7. The number of hydrogen-bond donors (Lipinski definition) is 2. The Morgan fingerprint density at radius 2 is 1.78 bits per heavy atom. The zero-order chi connectivity index (χ0) is 16.4. The lowest BCUT2D eigenvalue weighted by molar-refractivity contribution is 0.0952. The van der Waals surface area contributed by atoms with Crippen molar-refractivity contribution in [3.63, 3.8) is 0 Å². The van der Waals surface area contributed by atoms with Crippen LogP contribution in [-0.4, -0.2) is 25.0 Å². The molecule has 23 heavy (non-hydrogen) atoms. The number of carbonyl (C=O) groups excluding carboxylic acids is 1. The van der Waals surface area contributed by atoms with Gasteiger partial charge in [-0.2, -0.15) is 0 Å². The van der Waals surface area contributed by atoms with Crippen molar-refractivity contribution < 1.29 is 4.79 Å². The second-order valence-corrected chi connectivity index (χ2v) is 5.91. The Kier molecular flexibility index (Phi) is 4.06. The molecule has 4 nitrogen and oxygen atoms in total. The van der Waals surface area contributed by atoms with Gasteiger partial charge in [-0.25, -0.2) is 0 Å². The summed E-state index contributed by atoms with van der Waals surface area (Å²) in [6, 6.07) is 16.1. The lowest BCUT2D eigenvalue weighted by Crippen LogP contribution is -2.23. The Hall–Kier alpha value is -2.75. The van der Waals surface area contributed by atoms with Gasteiger partial charge < -0.3 is 15.2 Å². The largest absolute Gasteiger partial charge is 0.378 e. The summed E-state index contributed by atoms with van der Waals surface area (Å²) in [6.07, 6.45) is 0. The van der Waals surface area contributed by atoms with Crippen LogP contribution in [0.15, 0.2) is 48.5 Å². The summed E-state index contributed by atoms with van der Waals surface area (Å²) in [6.45, 7) is 2.45. The van der Waals surface area contributed by atoms with Gasteiger partial charge in [-0.3, -0.25) is 4.79 Å². The Bertz CT molecular complexity index is 831. The Labute approximate surface area is 136 Å². The van der Waals surface area contributed by atoms with Crippen LogP contribution in [0.4, 0.5) is 5.69 Å². The maximum atomic E-state index is 12.5. The first-order chi connectivity index (χ1) is 11.1. The van der Waals surface area contributed by atoms with E-state index < -0.39 is 0 Å². The molecule has 0 saturated carbocycles. The first kappa shape index (κ1) is 15.2. The van der Waals surface area contributed by atoms with Gasteiger partial charge in [0.15, 0.2) is 0 Å². The standard InChI is InChI=1S/C19H21N3O/c1-13-18(16-6-4-5-7-17(16)21-13)19(23)20-12-14-8-10-15(11-9-14)22(2)3/h4-11,21H,12H2,1-3H3,(H,20,23). The Morgan fingerprint density at radius 3 is 2.48 bits per heavy atom. The smallest absolute Gasteiger partial charge is 0.253 e. The van der Waals surface area contributed by atoms with Crippen molar-refractivity contribution in [3.05, 3.63) is 65.4 Å². The third kappa shape index (κ3) is 3.06. The van der Waals surface area contributed by atoms with E-state index in [0.29, 0.717) is 6.54 Å². The summed E-state index contributed by atoms with van der Waals surface area (Å²) >= 11 is 0. The van der Waals surface area contributed by atoms with Crippen molar-refractivity contribution in [2.45, 2.75) is 13.5 Å². The lowest BCUT2D eigenvalue weighted by atomic mass is 10.1. The minimum Gasteiger partial charge on any atom is -0.378 e. The molecule has 0 aliphatic carbocycles. The van der Waals surface area contributed by atoms with Crippen LogP contribution in [0.5, 0.6) is 0 Å². The van der Waals surface area contributed by atoms with E-state index in [1.807, 2.05) is 57.4 Å². The molecule has 0 atom stereocenters. The second kappa shape index (κ2) is 6.16. The van der Waals surface area contributed by atoms with Gasteiger partial charge >= 0.3 is 0 Å². The number of aryl methyl sites for hydroxylation is 1. The van der Waals surface area contributed by atoms with Crippen LogP contribution in [0.1, 0.15) is 21.6 Å². The van der Waals surface area contributed by atoms with Gasteiger partial charge in [0.1, 0.15) is 0 Å². The number of aromatic amines is 1. The van der Waals surface area contributed by atoms with Crippen molar-refractivity contribution in [1.82, 2.24) is 10.3 Å². The van der Waals surface area contributed by atoms with E-state index in [1.165, 1.54) is 0 Å². The molecule has 0 radical (unpaired) electrons. The topological polar surface area (TPSA) is 48.1 Å². The molecule has 0 saturated heterocycles. The molecule has 3 aromatic rings. The molecule has 0 fully saturated rings. The first-order valence-corrected chi connectivity index (χ1v) is 7.68. The van der Waals surface area contributed by atoms with Gasteiger partial charge in [0.05, 0.1) is 5.56 Å². The molecule has 0 aliphatic heterocycles. The Morgan fingerprint density at radius 1 is 1.09 bits per heavy atom. The van der Waals surface area contributed by atoms with Crippen LogP contribution in [0.2, 0.25) is 0 Å². The molecule has 3 rings (SSSR count). The van der Waals surface area contributed by atoms with E-state index in [9.17, 15) is 4.79 Å². The summed E-state index contributed by atoms with van der Waals surface area (Å²) in [7, 11) is 4.02. The molecule has 0 aliphatic rings. The van der Waals surface area contributed by atoms with Gasteiger partial charge in [-0.05, 0) is 30.7 Å². The molecule has 0 unspecified atom stereocenters. The molecule has 118 valence electrons. The number of nitrogens with one attached hydrogen (secondary N) is 2. The molecule has 1 amide bonds. The predicted octanol–water partition coefficient (Wildman–Crippen LogP) is 3.47. The highest BCUT2D eigenvalue weighted by Gasteiger charge is 2.15. The van der Waals surface area contributed by atoms with E-state index in [1.54, 1.807) is 0 Å². The van der Waals surface area contributed by atoms with Crippen molar-refractivity contribution in [1.29, 1.82) is 0 Å². The average molecular weight is 307 g/mol. The maximum Gasteiger partial charge on any atom is 0.253 e. The van der Waals surface area contributed by atoms with Gasteiger partial charge in [0.2, 0.25) is 0 Å². The van der Waals surface area contributed by atoms with E-state index in [4.69, 9.17) is 0 Å². The minimum absolute atomic E-state index is 0.0448. The van der Waals surface area contributed by atoms with Gasteiger partial charge in [0.25, 0.3) is 5.91 Å². The molecule has 1 aromatic heterocycles. The molecule has 2 aromatic carbocycles. The first-order valence-electron chi connectivity index (χ1n) is 7.68. The van der Waals surface area contributed by atoms with Crippen LogP contribution in [0.25, 0.3) is 10.9 Å². The fourth-order valence-electron chi connectivity index (χ4n) is 2.75. The fraction of sp³-hybridized carbons (Fsp3) is 0.211. The van der Waals surface area contributed by atoms with Crippen LogP contribution in [-0.2, 0) is 6.54 Å². The summed E-state index contributed by atoms with van der Waals surface area (Å²) in [5, 5.41) is 3.97. The maximum absolute atomic E-state index is 12.5. The average Bonchev–Trinajstić information content (AvgIpc) is 2.88. The summed E-state index contributed by atoms with van der Waals surface area (Å²) in [4.78, 5) is 17.9. The van der Waals surface area contributed by atoms with Crippen molar-refractivity contribution in [3.8, 4) is 0 Å². The third-order valence-electron chi connectivity index (χ3n) is 4.03. The van der Waals surface area contributed by atoms with E-state index >= 15 is 0 Å². The van der Waals surface area contributed by atoms with E-state index in [0.717, 1.165) is 33.4 Å². The zero-order valence-electron chi connectivity index (χ0n) is 13.7. The van der Waals surface area contributed by atoms with Crippen LogP contribution in [0.3, 0.4) is 0 Å². The highest BCUT2D eigenvalue weighted by Crippen LogP contribution is 2.21. The number of anilines is 1. The lowest BCUT2D eigenvalue weighted by Gasteiger charge is -2.13. The number of carbonyl (C=O) groups is 1. The molecule has 1 heterocycles. The van der Waals surface area contributed by atoms with Gasteiger partial charge in [-0.1, -0.05) is 30.3 Å². The van der Waals surface area contributed by atoms with Crippen molar-refractivity contribution >= 4 is 22.5 Å². The number of aromatic nitrogens is 1. The van der Waals surface area contributed by atoms with Gasteiger partial charge in [-0.15, -0.1) is 0 Å². The SMILES string of the molecule is Cc1[nH]c2ccccc2c1C(=O)NCc1ccc(N(C)C)cc1. The van der Waals surface area contributed by atoms with Crippen LogP contribution in [0, 0.1) is 6.92 Å². The minimum atomic E-state index is -0.0448. The van der Waals surface area contributed by atoms with Crippen molar-refractivity contribution in [2.24, 2.45) is 0 Å². The number of H-pyrrole nitrogens is 1. The predicted molar refractivity (Wildman–Crippen MR) is 95.0 cm³/mol. The molecular formula is C19H21N3O. The molecule has 0 spiro atoms. The van der Waals surface area contributed by atoms with E-state index in [-0.39, 0.29) is 5.91 Å². The summed E-state index contributed by atoms with van der Waals surface area (Å²) < 4.78 is 0. The number of hydrogen-bond acceptors (Lipinski definition) is 2. The highest BCUT2D eigenvalue weighted by molar-refractivity contribution is 6.08. The van der Waals surface area contributed by atoms with Crippen LogP contribution < -0.4 is 10.2 Å². The number of nitrogens with zero attached hydrogens (tertiary/aromatic N) is 1. The Balaban J connectivity index is 1.75. The number of rotatable bonds is 4. The monoisotopic (exact) mass is 307 g/mol. The number of fused-ring (bicyclic) bond motifs is 1. The molecule has 4 heteroatoms. The second-order valence-electron chi connectivity index (χ2n) is 5.91. The van der Waals surface area contributed by atoms with Crippen molar-refractivity contribution in [2.75, 3.05) is 19.0 Å². The quantitative estimate of drug-likeness (QED) is 0.775. The molecular weight excluding hydrogens is 286 g/mol. The van der Waals surface area contributed by atoms with Gasteiger partial charge in [0, 0.05) is 42.9 Å².